The first-order chi connectivity index (χ1) is 13.9. The van der Waals surface area contributed by atoms with Gasteiger partial charge in [-0.05, 0) is 37.6 Å². The number of hydrogen-bond acceptors (Lipinski definition) is 6. The van der Waals surface area contributed by atoms with E-state index in [4.69, 9.17) is 0 Å². The number of carbonyl (C=O) groups is 1. The van der Waals surface area contributed by atoms with Crippen LogP contribution in [0, 0.1) is 18.6 Å². The number of amides is 1. The highest BCUT2D eigenvalue weighted by Gasteiger charge is 2.16. The summed E-state index contributed by atoms with van der Waals surface area (Å²) in [5, 5.41) is 14.4. The Labute approximate surface area is 164 Å². The normalized spacial score (nSPS) is 12.0. The van der Waals surface area contributed by atoms with E-state index in [2.05, 4.69) is 25.4 Å². The monoisotopic (exact) mass is 403 g/mol. The van der Waals surface area contributed by atoms with Crippen LogP contribution in [0.1, 0.15) is 24.7 Å². The van der Waals surface area contributed by atoms with E-state index in [1.54, 1.807) is 6.92 Å². The number of aromatic nitrogens is 4. The Hall–Kier alpha value is -3.43. The summed E-state index contributed by atoms with van der Waals surface area (Å²) < 4.78 is 32.4. The first kappa shape index (κ1) is 20.3. The van der Waals surface area contributed by atoms with Gasteiger partial charge in [0.1, 0.15) is 11.4 Å². The van der Waals surface area contributed by atoms with E-state index in [1.807, 2.05) is 6.92 Å². The van der Waals surface area contributed by atoms with Crippen molar-refractivity contribution in [3.8, 4) is 11.3 Å². The third kappa shape index (κ3) is 4.89. The minimum atomic E-state index is -1.00. The van der Waals surface area contributed by atoms with Gasteiger partial charge in [0.05, 0.1) is 18.7 Å². The SMILES string of the molecule is CC[C@H](Cn1nc(-c2ccc(F)c(F)c2)ccc1=O)NC(=O)Cc1nonc1C. The molecular weight excluding hydrogens is 384 g/mol. The van der Waals surface area contributed by atoms with E-state index in [1.165, 1.54) is 22.9 Å². The fourth-order valence-electron chi connectivity index (χ4n) is 2.72. The van der Waals surface area contributed by atoms with Gasteiger partial charge in [-0.1, -0.05) is 17.2 Å². The first-order valence-corrected chi connectivity index (χ1v) is 8.98. The van der Waals surface area contributed by atoms with Crippen LogP contribution < -0.4 is 10.9 Å². The van der Waals surface area contributed by atoms with Crippen LogP contribution in [0.3, 0.4) is 0 Å². The molecule has 0 unspecified atom stereocenters. The molecule has 8 nitrogen and oxygen atoms in total. The highest BCUT2D eigenvalue weighted by atomic mass is 19.2. The van der Waals surface area contributed by atoms with Crippen molar-refractivity contribution in [2.75, 3.05) is 0 Å². The molecule has 152 valence electrons. The Kier molecular flexibility index (Phi) is 6.10. The quantitative estimate of drug-likeness (QED) is 0.647. The first-order valence-electron chi connectivity index (χ1n) is 8.98. The Balaban J connectivity index is 1.75. The molecule has 0 saturated carbocycles. The van der Waals surface area contributed by atoms with Gasteiger partial charge in [-0.15, -0.1) is 0 Å². The van der Waals surface area contributed by atoms with Crippen molar-refractivity contribution in [1.29, 1.82) is 0 Å². The van der Waals surface area contributed by atoms with Crippen LogP contribution in [-0.2, 0) is 17.8 Å². The fourth-order valence-corrected chi connectivity index (χ4v) is 2.72. The van der Waals surface area contributed by atoms with E-state index in [0.717, 1.165) is 12.1 Å². The van der Waals surface area contributed by atoms with Crippen LogP contribution in [0.5, 0.6) is 0 Å². The van der Waals surface area contributed by atoms with Crippen molar-refractivity contribution in [2.45, 2.75) is 39.3 Å². The van der Waals surface area contributed by atoms with Gasteiger partial charge in [-0.25, -0.2) is 18.1 Å². The predicted octanol–water partition coefficient (Wildman–Crippen LogP) is 2.02. The molecule has 0 aliphatic rings. The lowest BCUT2D eigenvalue weighted by Crippen LogP contribution is -2.41. The smallest absolute Gasteiger partial charge is 0.266 e. The molecule has 0 bridgehead atoms. The van der Waals surface area contributed by atoms with Crippen LogP contribution in [0.25, 0.3) is 11.3 Å². The Bertz CT molecular complexity index is 1080. The lowest BCUT2D eigenvalue weighted by Gasteiger charge is -2.18. The highest BCUT2D eigenvalue weighted by molar-refractivity contribution is 5.78. The molecule has 0 spiro atoms. The number of halogens is 2. The maximum atomic E-state index is 13.5. The molecular formula is C19H19F2N5O3. The van der Waals surface area contributed by atoms with E-state index < -0.39 is 11.6 Å². The van der Waals surface area contributed by atoms with Crippen molar-refractivity contribution >= 4 is 5.91 Å². The zero-order chi connectivity index (χ0) is 21.0. The molecule has 1 atom stereocenters. The molecule has 0 fully saturated rings. The molecule has 0 aliphatic carbocycles. The van der Waals surface area contributed by atoms with Gasteiger partial charge in [0, 0.05) is 17.7 Å². The van der Waals surface area contributed by atoms with Gasteiger partial charge < -0.3 is 5.32 Å². The van der Waals surface area contributed by atoms with Crippen LogP contribution in [0.15, 0.2) is 39.8 Å². The fraction of sp³-hybridized carbons (Fsp3) is 0.316. The topological polar surface area (TPSA) is 103 Å². The highest BCUT2D eigenvalue weighted by Crippen LogP contribution is 2.18. The number of nitrogens with one attached hydrogen (secondary N) is 1. The molecule has 2 heterocycles. The van der Waals surface area contributed by atoms with Gasteiger partial charge >= 0.3 is 0 Å². The van der Waals surface area contributed by atoms with Crippen molar-refractivity contribution in [3.63, 3.8) is 0 Å². The number of hydrogen-bond donors (Lipinski definition) is 1. The van der Waals surface area contributed by atoms with E-state index in [9.17, 15) is 18.4 Å². The minimum absolute atomic E-state index is 0.00303. The molecule has 0 radical (unpaired) electrons. The van der Waals surface area contributed by atoms with Crippen molar-refractivity contribution in [3.05, 3.63) is 63.7 Å². The summed E-state index contributed by atoms with van der Waals surface area (Å²) in [7, 11) is 0. The lowest BCUT2D eigenvalue weighted by molar-refractivity contribution is -0.121. The second-order valence-corrected chi connectivity index (χ2v) is 6.51. The van der Waals surface area contributed by atoms with Crippen molar-refractivity contribution < 1.29 is 18.2 Å². The summed E-state index contributed by atoms with van der Waals surface area (Å²) in [6.45, 7) is 3.66. The molecule has 1 N–H and O–H groups in total. The van der Waals surface area contributed by atoms with Crippen LogP contribution >= 0.6 is 0 Å². The van der Waals surface area contributed by atoms with Crippen LogP contribution in [-0.4, -0.2) is 32.0 Å². The molecule has 29 heavy (non-hydrogen) atoms. The molecule has 1 amide bonds. The average Bonchev–Trinajstić information content (AvgIpc) is 3.09. The van der Waals surface area contributed by atoms with Gasteiger partial charge in [-0.2, -0.15) is 5.10 Å². The Morgan fingerprint density at radius 2 is 2.00 bits per heavy atom. The summed E-state index contributed by atoms with van der Waals surface area (Å²) in [6, 6.07) is 5.75. The Morgan fingerprint density at radius 3 is 2.66 bits per heavy atom. The number of carbonyl (C=O) groups excluding carboxylic acids is 1. The molecule has 3 aromatic rings. The van der Waals surface area contributed by atoms with Gasteiger partial charge in [-0.3, -0.25) is 9.59 Å². The van der Waals surface area contributed by atoms with Crippen LogP contribution in [0.4, 0.5) is 8.78 Å². The molecule has 1 aromatic carbocycles. The summed E-state index contributed by atoms with van der Waals surface area (Å²) in [5.41, 5.74) is 1.25. The summed E-state index contributed by atoms with van der Waals surface area (Å²) >= 11 is 0. The standard InChI is InChI=1S/C19H19F2N5O3/c1-3-13(22-18(27)9-17-11(2)24-29-25-17)10-26-19(28)7-6-16(23-26)12-4-5-14(20)15(21)8-12/h4-8,13H,3,9-10H2,1-2H3,(H,22,27)/t13-/m1/s1. The number of aryl methyl sites for hydroxylation is 1. The summed E-state index contributed by atoms with van der Waals surface area (Å²) in [4.78, 5) is 24.4. The number of nitrogens with zero attached hydrogens (tertiary/aromatic N) is 4. The molecule has 0 aliphatic heterocycles. The molecule has 0 saturated heterocycles. The third-order valence-corrected chi connectivity index (χ3v) is 4.41. The maximum Gasteiger partial charge on any atom is 0.266 e. The number of rotatable bonds is 7. The third-order valence-electron chi connectivity index (χ3n) is 4.41. The largest absolute Gasteiger partial charge is 0.351 e. The second-order valence-electron chi connectivity index (χ2n) is 6.51. The molecule has 2 aromatic heterocycles. The van der Waals surface area contributed by atoms with Crippen LogP contribution in [0.2, 0.25) is 0 Å². The van der Waals surface area contributed by atoms with Crippen molar-refractivity contribution in [1.82, 2.24) is 25.4 Å². The lowest BCUT2D eigenvalue weighted by atomic mass is 10.1. The number of benzene rings is 1. The zero-order valence-electron chi connectivity index (χ0n) is 15.9. The average molecular weight is 403 g/mol. The molecule has 10 heteroatoms. The van der Waals surface area contributed by atoms with Crippen molar-refractivity contribution in [2.24, 2.45) is 0 Å². The maximum absolute atomic E-state index is 13.5. The zero-order valence-corrected chi connectivity index (χ0v) is 15.9. The van der Waals surface area contributed by atoms with E-state index in [-0.39, 0.29) is 30.5 Å². The Morgan fingerprint density at radius 1 is 1.21 bits per heavy atom. The van der Waals surface area contributed by atoms with Gasteiger partial charge in [0.2, 0.25) is 5.91 Å². The van der Waals surface area contributed by atoms with Gasteiger partial charge in [0.25, 0.3) is 5.56 Å². The minimum Gasteiger partial charge on any atom is -0.351 e. The van der Waals surface area contributed by atoms with Gasteiger partial charge in [0.15, 0.2) is 11.6 Å². The summed E-state index contributed by atoms with van der Waals surface area (Å²) in [5.74, 6) is -2.26. The predicted molar refractivity (Wildman–Crippen MR) is 98.8 cm³/mol. The van der Waals surface area contributed by atoms with E-state index >= 15 is 0 Å². The molecule has 3 rings (SSSR count). The summed E-state index contributed by atoms with van der Waals surface area (Å²) in [6.07, 6.45) is 0.550. The van der Waals surface area contributed by atoms with E-state index in [0.29, 0.717) is 29.1 Å². The second kappa shape index (κ2) is 8.72.